The third-order valence-corrected chi connectivity index (χ3v) is 4.88. The largest absolute Gasteiger partial charge is 0.352 e. The number of rotatable bonds is 4. The normalized spacial score (nSPS) is 19.5. The summed E-state index contributed by atoms with van der Waals surface area (Å²) in [6.07, 6.45) is 4.59. The topological polar surface area (TPSA) is 80.1 Å². The summed E-state index contributed by atoms with van der Waals surface area (Å²) >= 11 is 0. The number of piperidine rings is 1. The van der Waals surface area contributed by atoms with Gasteiger partial charge in [0.05, 0.1) is 5.39 Å². The molecular weight excluding hydrogens is 306 g/mol. The molecule has 1 aromatic carbocycles. The Kier molecular flexibility index (Phi) is 4.02. The Balaban J connectivity index is 1.38. The molecule has 24 heavy (non-hydrogen) atoms. The van der Waals surface area contributed by atoms with Crippen molar-refractivity contribution in [2.75, 3.05) is 13.1 Å². The van der Waals surface area contributed by atoms with Crippen LogP contribution in [0.2, 0.25) is 0 Å². The molecule has 7 nitrogen and oxygen atoms in total. The second-order valence-electron chi connectivity index (χ2n) is 6.68. The third kappa shape index (κ3) is 3.17. The molecule has 0 atom stereocenters. The summed E-state index contributed by atoms with van der Waals surface area (Å²) in [4.78, 5) is 27.1. The van der Waals surface area contributed by atoms with Crippen molar-refractivity contribution in [2.45, 2.75) is 44.3 Å². The van der Waals surface area contributed by atoms with Gasteiger partial charge in [-0.25, -0.2) is 4.68 Å². The molecule has 1 amide bonds. The zero-order valence-corrected chi connectivity index (χ0v) is 13.5. The molecule has 1 aliphatic carbocycles. The number of likely N-dealkylation sites (tertiary alicyclic amines) is 1. The van der Waals surface area contributed by atoms with Crippen molar-refractivity contribution in [1.82, 2.24) is 25.2 Å². The molecule has 2 aliphatic rings. The van der Waals surface area contributed by atoms with Gasteiger partial charge in [-0.05, 0) is 37.8 Å². The zero-order chi connectivity index (χ0) is 16.5. The Bertz CT molecular complexity index is 806. The van der Waals surface area contributed by atoms with E-state index in [4.69, 9.17) is 0 Å². The fourth-order valence-corrected chi connectivity index (χ4v) is 3.38. The fraction of sp³-hybridized carbons (Fsp3) is 0.529. The number of nitrogens with zero attached hydrogens (tertiary/aromatic N) is 4. The van der Waals surface area contributed by atoms with Gasteiger partial charge in [-0.3, -0.25) is 9.59 Å². The Morgan fingerprint density at radius 2 is 1.92 bits per heavy atom. The summed E-state index contributed by atoms with van der Waals surface area (Å²) < 4.78 is 1.14. The molecule has 0 unspecified atom stereocenters. The minimum atomic E-state index is -0.278. The standard InChI is InChI=1S/C17H21N5O2/c23-16(18-12-7-9-21(10-8-12)13-5-6-13)11-22-17(24)14-3-1-2-4-15(14)19-20-22/h1-4,12-13H,5-11H2,(H,18,23). The van der Waals surface area contributed by atoms with Gasteiger partial charge in [-0.15, -0.1) is 5.10 Å². The van der Waals surface area contributed by atoms with Crippen LogP contribution in [-0.4, -0.2) is 51.0 Å². The van der Waals surface area contributed by atoms with Crippen LogP contribution in [0.5, 0.6) is 0 Å². The van der Waals surface area contributed by atoms with Crippen molar-refractivity contribution in [3.8, 4) is 0 Å². The number of benzene rings is 1. The zero-order valence-electron chi connectivity index (χ0n) is 13.5. The van der Waals surface area contributed by atoms with Crippen LogP contribution in [0.25, 0.3) is 10.9 Å². The van der Waals surface area contributed by atoms with Gasteiger partial charge in [0, 0.05) is 25.2 Å². The number of carbonyl (C=O) groups excluding carboxylic acids is 1. The first-order valence-corrected chi connectivity index (χ1v) is 8.56. The van der Waals surface area contributed by atoms with Gasteiger partial charge < -0.3 is 10.2 Å². The highest BCUT2D eigenvalue weighted by atomic mass is 16.2. The maximum atomic E-state index is 12.4. The van der Waals surface area contributed by atoms with E-state index in [1.807, 2.05) is 6.07 Å². The van der Waals surface area contributed by atoms with Gasteiger partial charge in [-0.2, -0.15) is 0 Å². The molecule has 1 aromatic heterocycles. The van der Waals surface area contributed by atoms with Crippen LogP contribution in [0, 0.1) is 0 Å². The van der Waals surface area contributed by atoms with E-state index in [0.717, 1.165) is 36.7 Å². The van der Waals surface area contributed by atoms with Gasteiger partial charge >= 0.3 is 0 Å². The van der Waals surface area contributed by atoms with E-state index < -0.39 is 0 Å². The number of hydrogen-bond donors (Lipinski definition) is 1. The Morgan fingerprint density at radius 3 is 2.67 bits per heavy atom. The van der Waals surface area contributed by atoms with Crippen molar-refractivity contribution in [1.29, 1.82) is 0 Å². The number of hydrogen-bond acceptors (Lipinski definition) is 5. The molecule has 2 aromatic rings. The molecule has 126 valence electrons. The lowest BCUT2D eigenvalue weighted by molar-refractivity contribution is -0.123. The van der Waals surface area contributed by atoms with Crippen molar-refractivity contribution in [3.63, 3.8) is 0 Å². The second kappa shape index (κ2) is 6.32. The lowest BCUT2D eigenvalue weighted by atomic mass is 10.0. The minimum absolute atomic E-state index is 0.0838. The lowest BCUT2D eigenvalue weighted by Crippen LogP contribution is -2.46. The number of carbonyl (C=O) groups is 1. The Morgan fingerprint density at radius 1 is 1.17 bits per heavy atom. The summed E-state index contributed by atoms with van der Waals surface area (Å²) in [6, 6.07) is 8.01. The van der Waals surface area contributed by atoms with E-state index in [0.29, 0.717) is 10.9 Å². The maximum absolute atomic E-state index is 12.4. The lowest BCUT2D eigenvalue weighted by Gasteiger charge is -2.32. The first kappa shape index (κ1) is 15.3. The fourth-order valence-electron chi connectivity index (χ4n) is 3.38. The summed E-state index contributed by atoms with van der Waals surface area (Å²) in [5, 5.41) is 11.4. The molecule has 1 saturated heterocycles. The molecule has 1 N–H and O–H groups in total. The molecule has 0 radical (unpaired) electrons. The first-order valence-electron chi connectivity index (χ1n) is 8.56. The van der Waals surface area contributed by atoms with Crippen LogP contribution in [0.4, 0.5) is 0 Å². The predicted octanol–water partition coefficient (Wildman–Crippen LogP) is 0.534. The molecule has 2 fully saturated rings. The SMILES string of the molecule is O=C(Cn1nnc2ccccc2c1=O)NC1CCN(C2CC2)CC1. The molecule has 0 spiro atoms. The monoisotopic (exact) mass is 327 g/mol. The van der Waals surface area contributed by atoms with E-state index >= 15 is 0 Å². The number of aromatic nitrogens is 3. The van der Waals surface area contributed by atoms with Gasteiger partial charge in [0.25, 0.3) is 5.56 Å². The van der Waals surface area contributed by atoms with E-state index in [9.17, 15) is 9.59 Å². The number of nitrogens with one attached hydrogen (secondary N) is 1. The molecule has 0 bridgehead atoms. The smallest absolute Gasteiger partial charge is 0.278 e. The quantitative estimate of drug-likeness (QED) is 0.886. The van der Waals surface area contributed by atoms with E-state index in [2.05, 4.69) is 20.5 Å². The summed E-state index contributed by atoms with van der Waals surface area (Å²) in [7, 11) is 0. The van der Waals surface area contributed by atoms with Gasteiger partial charge in [0.2, 0.25) is 5.91 Å². The second-order valence-corrected chi connectivity index (χ2v) is 6.68. The highest BCUT2D eigenvalue weighted by molar-refractivity contribution is 5.78. The van der Waals surface area contributed by atoms with E-state index in [-0.39, 0.29) is 24.1 Å². The van der Waals surface area contributed by atoms with Gasteiger partial charge in [0.15, 0.2) is 0 Å². The molecule has 1 saturated carbocycles. The van der Waals surface area contributed by atoms with Crippen molar-refractivity contribution >= 4 is 16.8 Å². The van der Waals surface area contributed by atoms with E-state index in [1.165, 1.54) is 12.8 Å². The predicted molar refractivity (Wildman–Crippen MR) is 89.6 cm³/mol. The van der Waals surface area contributed by atoms with E-state index in [1.54, 1.807) is 18.2 Å². The van der Waals surface area contributed by atoms with Crippen molar-refractivity contribution in [2.24, 2.45) is 0 Å². The highest BCUT2D eigenvalue weighted by Gasteiger charge is 2.32. The minimum Gasteiger partial charge on any atom is -0.352 e. The molecule has 1 aliphatic heterocycles. The van der Waals surface area contributed by atoms with Crippen LogP contribution in [0.1, 0.15) is 25.7 Å². The van der Waals surface area contributed by atoms with Crippen LogP contribution >= 0.6 is 0 Å². The Hall–Kier alpha value is -2.28. The van der Waals surface area contributed by atoms with Gasteiger partial charge in [-0.1, -0.05) is 17.3 Å². The first-order chi connectivity index (χ1) is 11.7. The van der Waals surface area contributed by atoms with Crippen molar-refractivity contribution in [3.05, 3.63) is 34.6 Å². The van der Waals surface area contributed by atoms with Gasteiger partial charge in [0.1, 0.15) is 12.1 Å². The average Bonchev–Trinajstić information content (AvgIpc) is 3.43. The van der Waals surface area contributed by atoms with Crippen LogP contribution < -0.4 is 10.9 Å². The summed E-state index contributed by atoms with van der Waals surface area (Å²) in [6.45, 7) is 2.01. The molecule has 4 rings (SSSR count). The third-order valence-electron chi connectivity index (χ3n) is 4.88. The number of amides is 1. The summed E-state index contributed by atoms with van der Waals surface area (Å²) in [5.74, 6) is -0.174. The Labute approximate surface area is 139 Å². The average molecular weight is 327 g/mol. The summed E-state index contributed by atoms with van der Waals surface area (Å²) in [5.41, 5.74) is 0.269. The molecule has 2 heterocycles. The van der Waals surface area contributed by atoms with Crippen LogP contribution in [-0.2, 0) is 11.3 Å². The number of fused-ring (bicyclic) bond motifs is 1. The highest BCUT2D eigenvalue weighted by Crippen LogP contribution is 2.29. The van der Waals surface area contributed by atoms with Crippen LogP contribution in [0.3, 0.4) is 0 Å². The maximum Gasteiger partial charge on any atom is 0.278 e. The molecular formula is C17H21N5O2. The van der Waals surface area contributed by atoms with Crippen LogP contribution in [0.15, 0.2) is 29.1 Å². The molecule has 7 heteroatoms. The van der Waals surface area contributed by atoms with Crippen molar-refractivity contribution < 1.29 is 4.79 Å².